The van der Waals surface area contributed by atoms with E-state index in [1.807, 2.05) is 0 Å². The number of sulfonamides is 1. The SMILES string of the molecule is CCNS(=O)(=O)c1ccc(N)c(N2CCCC2)c1. The van der Waals surface area contributed by atoms with E-state index in [1.165, 1.54) is 0 Å². The summed E-state index contributed by atoms with van der Waals surface area (Å²) in [7, 11) is -3.41. The third-order valence-electron chi connectivity index (χ3n) is 3.09. The van der Waals surface area contributed by atoms with Gasteiger partial charge in [0.15, 0.2) is 0 Å². The smallest absolute Gasteiger partial charge is 0.240 e. The molecule has 0 bridgehead atoms. The Morgan fingerprint density at radius 1 is 1.33 bits per heavy atom. The molecule has 1 fully saturated rings. The molecule has 0 unspecified atom stereocenters. The molecule has 1 heterocycles. The summed E-state index contributed by atoms with van der Waals surface area (Å²) in [6, 6.07) is 4.88. The lowest BCUT2D eigenvalue weighted by atomic mass is 10.2. The summed E-state index contributed by atoms with van der Waals surface area (Å²) in [5.74, 6) is 0. The lowest BCUT2D eigenvalue weighted by Gasteiger charge is -2.20. The van der Waals surface area contributed by atoms with Crippen LogP contribution < -0.4 is 15.4 Å². The molecule has 0 saturated carbocycles. The first-order valence-electron chi connectivity index (χ1n) is 6.19. The van der Waals surface area contributed by atoms with E-state index in [9.17, 15) is 8.42 Å². The van der Waals surface area contributed by atoms with Crippen LogP contribution in [0, 0.1) is 0 Å². The second-order valence-electron chi connectivity index (χ2n) is 4.42. The zero-order chi connectivity index (χ0) is 13.2. The van der Waals surface area contributed by atoms with E-state index >= 15 is 0 Å². The van der Waals surface area contributed by atoms with Crippen molar-refractivity contribution in [3.05, 3.63) is 18.2 Å². The molecule has 1 aromatic rings. The van der Waals surface area contributed by atoms with Gasteiger partial charge in [0.25, 0.3) is 0 Å². The minimum absolute atomic E-state index is 0.278. The average Bonchev–Trinajstić information content (AvgIpc) is 2.82. The molecule has 1 aliphatic rings. The third kappa shape index (κ3) is 2.59. The van der Waals surface area contributed by atoms with Gasteiger partial charge < -0.3 is 10.6 Å². The van der Waals surface area contributed by atoms with Gasteiger partial charge in [-0.3, -0.25) is 0 Å². The van der Waals surface area contributed by atoms with Crippen LogP contribution in [0.5, 0.6) is 0 Å². The fraction of sp³-hybridized carbons (Fsp3) is 0.500. The van der Waals surface area contributed by atoms with Crippen LogP contribution in [0.4, 0.5) is 11.4 Å². The summed E-state index contributed by atoms with van der Waals surface area (Å²) in [5.41, 5.74) is 7.39. The topological polar surface area (TPSA) is 75.4 Å². The van der Waals surface area contributed by atoms with Gasteiger partial charge in [0.2, 0.25) is 10.0 Å². The van der Waals surface area contributed by atoms with E-state index in [0.717, 1.165) is 31.6 Å². The molecule has 100 valence electrons. The zero-order valence-electron chi connectivity index (χ0n) is 10.5. The van der Waals surface area contributed by atoms with Gasteiger partial charge in [0.05, 0.1) is 16.3 Å². The molecule has 0 aromatic heterocycles. The first-order valence-corrected chi connectivity index (χ1v) is 7.67. The van der Waals surface area contributed by atoms with Gasteiger partial charge in [0.1, 0.15) is 0 Å². The summed E-state index contributed by atoms with van der Waals surface area (Å²) >= 11 is 0. The van der Waals surface area contributed by atoms with E-state index in [1.54, 1.807) is 25.1 Å². The summed E-state index contributed by atoms with van der Waals surface area (Å²) < 4.78 is 26.4. The first kappa shape index (κ1) is 13.2. The second-order valence-corrected chi connectivity index (χ2v) is 6.18. The van der Waals surface area contributed by atoms with Gasteiger partial charge in [-0.15, -0.1) is 0 Å². The van der Waals surface area contributed by atoms with Crippen LogP contribution in [0.1, 0.15) is 19.8 Å². The number of benzene rings is 1. The van der Waals surface area contributed by atoms with Crippen LogP contribution in [-0.2, 0) is 10.0 Å². The Balaban J connectivity index is 2.37. The minimum Gasteiger partial charge on any atom is -0.397 e. The summed E-state index contributed by atoms with van der Waals surface area (Å²) in [5, 5.41) is 0. The number of nitrogens with one attached hydrogen (secondary N) is 1. The van der Waals surface area contributed by atoms with Crippen LogP contribution in [-0.4, -0.2) is 28.1 Å². The third-order valence-corrected chi connectivity index (χ3v) is 4.64. The quantitative estimate of drug-likeness (QED) is 0.805. The normalized spacial score (nSPS) is 16.2. The molecule has 0 radical (unpaired) electrons. The monoisotopic (exact) mass is 269 g/mol. The fourth-order valence-electron chi connectivity index (χ4n) is 2.20. The first-order chi connectivity index (χ1) is 8.54. The van der Waals surface area contributed by atoms with Crippen LogP contribution in [0.3, 0.4) is 0 Å². The molecular formula is C12H19N3O2S. The molecular weight excluding hydrogens is 250 g/mol. The van der Waals surface area contributed by atoms with Crippen molar-refractivity contribution in [2.75, 3.05) is 30.3 Å². The molecule has 1 aliphatic heterocycles. The number of nitrogens with two attached hydrogens (primary N) is 1. The highest BCUT2D eigenvalue weighted by Crippen LogP contribution is 2.29. The lowest BCUT2D eigenvalue weighted by molar-refractivity contribution is 0.584. The number of anilines is 2. The van der Waals surface area contributed by atoms with E-state index in [0.29, 0.717) is 12.2 Å². The van der Waals surface area contributed by atoms with Crippen LogP contribution in [0.15, 0.2) is 23.1 Å². The largest absolute Gasteiger partial charge is 0.397 e. The summed E-state index contributed by atoms with van der Waals surface area (Å²) in [6.07, 6.45) is 2.26. The molecule has 0 atom stereocenters. The van der Waals surface area contributed by atoms with Crippen molar-refractivity contribution in [2.45, 2.75) is 24.7 Å². The summed E-state index contributed by atoms with van der Waals surface area (Å²) in [6.45, 7) is 4.02. The van der Waals surface area contributed by atoms with Crippen molar-refractivity contribution in [2.24, 2.45) is 0 Å². The van der Waals surface area contributed by atoms with Gasteiger partial charge in [-0.2, -0.15) is 0 Å². The van der Waals surface area contributed by atoms with Gasteiger partial charge in [-0.25, -0.2) is 13.1 Å². The van der Waals surface area contributed by atoms with Crippen molar-refractivity contribution in [1.82, 2.24) is 4.72 Å². The molecule has 5 nitrogen and oxygen atoms in total. The Morgan fingerprint density at radius 3 is 2.61 bits per heavy atom. The maximum atomic E-state index is 11.9. The number of rotatable bonds is 4. The predicted molar refractivity (Wildman–Crippen MR) is 73.2 cm³/mol. The van der Waals surface area contributed by atoms with Gasteiger partial charge in [0, 0.05) is 19.6 Å². The highest BCUT2D eigenvalue weighted by Gasteiger charge is 2.19. The van der Waals surface area contributed by atoms with Crippen LogP contribution >= 0.6 is 0 Å². The van der Waals surface area contributed by atoms with Gasteiger partial charge in [-0.1, -0.05) is 6.92 Å². The maximum absolute atomic E-state index is 11.9. The Morgan fingerprint density at radius 2 is 2.00 bits per heavy atom. The summed E-state index contributed by atoms with van der Waals surface area (Å²) in [4.78, 5) is 2.42. The number of nitrogen functional groups attached to an aromatic ring is 1. The highest BCUT2D eigenvalue weighted by molar-refractivity contribution is 7.89. The maximum Gasteiger partial charge on any atom is 0.240 e. The Hall–Kier alpha value is -1.27. The van der Waals surface area contributed by atoms with E-state index in [2.05, 4.69) is 9.62 Å². The average molecular weight is 269 g/mol. The molecule has 0 spiro atoms. The zero-order valence-corrected chi connectivity index (χ0v) is 11.3. The Kier molecular flexibility index (Phi) is 3.77. The molecule has 3 N–H and O–H groups in total. The van der Waals surface area contributed by atoms with Crippen LogP contribution in [0.25, 0.3) is 0 Å². The van der Waals surface area contributed by atoms with Gasteiger partial charge >= 0.3 is 0 Å². The van der Waals surface area contributed by atoms with Crippen molar-refractivity contribution in [3.63, 3.8) is 0 Å². The van der Waals surface area contributed by atoms with Crippen LogP contribution in [0.2, 0.25) is 0 Å². The van der Waals surface area contributed by atoms with Crippen molar-refractivity contribution >= 4 is 21.4 Å². The Labute approximate surface area is 108 Å². The standard InChI is InChI=1S/C12H19N3O2S/c1-2-14-18(16,17)10-5-6-11(13)12(9-10)15-7-3-4-8-15/h5-6,9,14H,2-4,7-8,13H2,1H3. The number of nitrogens with zero attached hydrogens (tertiary/aromatic N) is 1. The van der Waals surface area contributed by atoms with E-state index < -0.39 is 10.0 Å². The molecule has 1 saturated heterocycles. The van der Waals surface area contributed by atoms with E-state index in [4.69, 9.17) is 5.73 Å². The van der Waals surface area contributed by atoms with E-state index in [-0.39, 0.29) is 4.90 Å². The number of hydrogen-bond acceptors (Lipinski definition) is 4. The predicted octanol–water partition coefficient (Wildman–Crippen LogP) is 1.17. The van der Waals surface area contributed by atoms with Crippen molar-refractivity contribution < 1.29 is 8.42 Å². The fourth-order valence-corrected chi connectivity index (χ4v) is 3.26. The lowest BCUT2D eigenvalue weighted by Crippen LogP contribution is -2.24. The molecule has 18 heavy (non-hydrogen) atoms. The molecule has 1 aromatic carbocycles. The minimum atomic E-state index is -3.41. The second kappa shape index (κ2) is 5.16. The van der Waals surface area contributed by atoms with Gasteiger partial charge in [-0.05, 0) is 31.0 Å². The van der Waals surface area contributed by atoms with Crippen molar-refractivity contribution in [3.8, 4) is 0 Å². The van der Waals surface area contributed by atoms with Crippen molar-refractivity contribution in [1.29, 1.82) is 0 Å². The number of hydrogen-bond donors (Lipinski definition) is 2. The highest BCUT2D eigenvalue weighted by atomic mass is 32.2. The molecule has 0 amide bonds. The molecule has 0 aliphatic carbocycles. The molecule has 2 rings (SSSR count). The Bertz CT molecular complexity index is 522. The molecule has 6 heteroatoms.